The molecular weight excluding hydrogens is 206 g/mol. The Balaban J connectivity index is 2.53. The number of hydrogen-bond acceptors (Lipinski definition) is 0. The summed E-state index contributed by atoms with van der Waals surface area (Å²) in [7, 11) is 0. The summed E-state index contributed by atoms with van der Waals surface area (Å²) in [6.07, 6.45) is 7.26. The van der Waals surface area contributed by atoms with E-state index in [1.165, 1.54) is 59.5 Å². The van der Waals surface area contributed by atoms with Crippen LogP contribution in [0.4, 0.5) is 0 Å². The molecule has 0 N–H and O–H groups in total. The first-order valence-corrected chi connectivity index (χ1v) is 5.95. The summed E-state index contributed by atoms with van der Waals surface area (Å²) in [6, 6.07) is 0. The van der Waals surface area contributed by atoms with Gasteiger partial charge in [0.05, 0.1) is 0 Å². The van der Waals surface area contributed by atoms with E-state index >= 15 is 0 Å². The van der Waals surface area contributed by atoms with E-state index in [0.717, 1.165) is 0 Å². The first-order valence-electron chi connectivity index (χ1n) is 3.62. The molecule has 0 bridgehead atoms. The summed E-state index contributed by atoms with van der Waals surface area (Å²) in [5, 5.41) is 0. The van der Waals surface area contributed by atoms with Crippen LogP contribution in [-0.4, -0.2) is 23.0 Å². The summed E-state index contributed by atoms with van der Waals surface area (Å²) >= 11 is 1.46. The van der Waals surface area contributed by atoms with Gasteiger partial charge in [-0.15, -0.1) is 0 Å². The van der Waals surface area contributed by atoms with Gasteiger partial charge in [0.15, 0.2) is 0 Å². The van der Waals surface area contributed by atoms with Crippen LogP contribution in [0.1, 0.15) is 39.0 Å². The minimum atomic E-state index is 1.38. The molecule has 0 rings (SSSR count). The third kappa shape index (κ3) is 6.82. The molecule has 0 heterocycles. The van der Waals surface area contributed by atoms with Crippen molar-refractivity contribution in [3.63, 3.8) is 0 Å². The molecule has 0 saturated carbocycles. The topological polar surface area (TPSA) is 0 Å². The van der Waals surface area contributed by atoms with Crippen LogP contribution in [0.3, 0.4) is 0 Å². The summed E-state index contributed by atoms with van der Waals surface area (Å²) in [5.74, 6) is 0. The van der Waals surface area contributed by atoms with Crippen LogP contribution < -0.4 is 0 Å². The van der Waals surface area contributed by atoms with Crippen LogP contribution in [0, 0.1) is 0 Å². The van der Waals surface area contributed by atoms with Gasteiger partial charge in [0, 0.05) is 0 Å². The monoisotopic (exact) mass is 222 g/mol. The van der Waals surface area contributed by atoms with Crippen molar-refractivity contribution in [2.75, 3.05) is 0 Å². The van der Waals surface area contributed by atoms with E-state index in [-0.39, 0.29) is 0 Å². The number of rotatable bonds is 5. The second kappa shape index (κ2) is 7.82. The molecule has 0 unspecified atom stereocenters. The molecule has 0 aliphatic rings. The number of unbranched alkanes of at least 4 members (excludes halogenated alkanes) is 4. The average Bonchev–Trinajstić information content (AvgIpc) is 1.81. The van der Waals surface area contributed by atoms with Gasteiger partial charge in [-0.1, -0.05) is 0 Å². The van der Waals surface area contributed by atoms with Crippen molar-refractivity contribution in [1.82, 2.24) is 0 Å². The van der Waals surface area contributed by atoms with Crippen LogP contribution in [0.15, 0.2) is 0 Å². The van der Waals surface area contributed by atoms with Gasteiger partial charge in [-0.25, -0.2) is 0 Å². The van der Waals surface area contributed by atoms with Crippen LogP contribution in [0.2, 0.25) is 4.37 Å². The third-order valence-electron chi connectivity index (χ3n) is 1.31. The molecule has 0 radical (unpaired) electrons. The maximum absolute atomic E-state index is 2.26. The molecule has 8 heavy (non-hydrogen) atoms. The van der Waals surface area contributed by atoms with Crippen molar-refractivity contribution in [3.05, 3.63) is 0 Å². The van der Waals surface area contributed by atoms with Gasteiger partial charge in [-0.2, -0.15) is 0 Å². The van der Waals surface area contributed by atoms with Crippen molar-refractivity contribution in [2.45, 2.75) is 43.4 Å². The zero-order valence-electron chi connectivity index (χ0n) is 5.82. The van der Waals surface area contributed by atoms with E-state index in [0.29, 0.717) is 0 Å². The Labute approximate surface area is 66.5 Å². The molecular formula is C7H17Sb. The van der Waals surface area contributed by atoms with Crippen molar-refractivity contribution in [1.29, 1.82) is 0 Å². The molecule has 0 aromatic rings. The molecule has 0 aromatic heterocycles. The molecule has 0 amide bonds. The standard InChI is InChI=1S/C7H15.Sb.2H/c1-3-5-7-6-4-2;;;/h1,3-7H2,2H3;;;. The van der Waals surface area contributed by atoms with E-state index < -0.39 is 0 Å². The van der Waals surface area contributed by atoms with Crippen LogP contribution in [-0.2, 0) is 0 Å². The molecule has 0 spiro atoms. The average molecular weight is 223 g/mol. The van der Waals surface area contributed by atoms with E-state index in [2.05, 4.69) is 6.92 Å². The Morgan fingerprint density at radius 3 is 2.12 bits per heavy atom. The number of hydrogen-bond donors (Lipinski definition) is 0. The van der Waals surface area contributed by atoms with Crippen molar-refractivity contribution >= 4 is 23.0 Å². The zero-order valence-corrected chi connectivity index (χ0v) is 9.12. The van der Waals surface area contributed by atoms with Crippen molar-refractivity contribution in [3.8, 4) is 0 Å². The van der Waals surface area contributed by atoms with Gasteiger partial charge in [0.2, 0.25) is 0 Å². The second-order valence-electron chi connectivity index (χ2n) is 2.20. The van der Waals surface area contributed by atoms with E-state index in [1.807, 2.05) is 0 Å². The Hall–Kier alpha value is 0.818. The SMILES string of the molecule is CCCCCC[CH2][SbH2]. The van der Waals surface area contributed by atoms with Crippen molar-refractivity contribution < 1.29 is 0 Å². The van der Waals surface area contributed by atoms with Gasteiger partial charge in [0.1, 0.15) is 0 Å². The normalized spacial score (nSPS) is 9.75. The Morgan fingerprint density at radius 1 is 1.00 bits per heavy atom. The Morgan fingerprint density at radius 2 is 1.62 bits per heavy atom. The maximum atomic E-state index is 2.26. The molecule has 0 aliphatic carbocycles. The molecule has 0 atom stereocenters. The summed E-state index contributed by atoms with van der Waals surface area (Å²) in [5.41, 5.74) is 0. The molecule has 1 heteroatoms. The summed E-state index contributed by atoms with van der Waals surface area (Å²) in [4.78, 5) is 0. The molecule has 0 fully saturated rings. The fourth-order valence-electron chi connectivity index (χ4n) is 0.748. The van der Waals surface area contributed by atoms with Gasteiger partial charge < -0.3 is 0 Å². The van der Waals surface area contributed by atoms with Crippen LogP contribution in [0.5, 0.6) is 0 Å². The van der Waals surface area contributed by atoms with E-state index in [1.54, 1.807) is 0 Å². The van der Waals surface area contributed by atoms with Gasteiger partial charge in [-0.05, 0) is 0 Å². The second-order valence-corrected chi connectivity index (χ2v) is 3.85. The van der Waals surface area contributed by atoms with E-state index in [9.17, 15) is 0 Å². The van der Waals surface area contributed by atoms with Crippen LogP contribution in [0.25, 0.3) is 0 Å². The van der Waals surface area contributed by atoms with Gasteiger partial charge in [-0.3, -0.25) is 0 Å². The molecule has 50 valence electrons. The van der Waals surface area contributed by atoms with Crippen LogP contribution >= 0.6 is 0 Å². The van der Waals surface area contributed by atoms with Gasteiger partial charge >= 0.3 is 66.4 Å². The summed E-state index contributed by atoms with van der Waals surface area (Å²) < 4.78 is 1.49. The van der Waals surface area contributed by atoms with E-state index in [4.69, 9.17) is 0 Å². The first kappa shape index (κ1) is 8.82. The zero-order chi connectivity index (χ0) is 6.24. The Bertz CT molecular complexity index is 29.4. The minimum absolute atomic E-state index is 1.38. The molecule has 0 saturated heterocycles. The summed E-state index contributed by atoms with van der Waals surface area (Å²) in [6.45, 7) is 2.26. The molecule has 0 aromatic carbocycles. The molecule has 0 nitrogen and oxygen atoms in total. The third-order valence-corrected chi connectivity index (χ3v) is 2.47. The van der Waals surface area contributed by atoms with Crippen molar-refractivity contribution in [2.24, 2.45) is 0 Å². The van der Waals surface area contributed by atoms with Gasteiger partial charge in [0.25, 0.3) is 0 Å². The first-order chi connectivity index (χ1) is 3.91. The molecule has 0 aliphatic heterocycles. The quantitative estimate of drug-likeness (QED) is 0.494. The predicted octanol–water partition coefficient (Wildman–Crippen LogP) is 2.01. The predicted molar refractivity (Wildman–Crippen MR) is 42.1 cm³/mol. The Kier molecular flexibility index (Phi) is 8.62. The fraction of sp³-hybridized carbons (Fsp3) is 1.00. The fourth-order valence-corrected chi connectivity index (χ4v) is 1.57.